The molecule has 0 aliphatic carbocycles. The van der Waals surface area contributed by atoms with Crippen LogP contribution < -0.4 is 10.6 Å². The lowest BCUT2D eigenvalue weighted by Gasteiger charge is -1.90. The van der Waals surface area contributed by atoms with E-state index in [1.165, 1.54) is 0 Å². The number of aliphatic carboxylic acids is 1. The molecule has 1 heterocycles. The second kappa shape index (κ2) is 2.96. The molecule has 1 aliphatic heterocycles. The molecule has 0 saturated carbocycles. The fraction of sp³-hybridized carbons (Fsp3) is 0.111. The van der Waals surface area contributed by atoms with Crippen LogP contribution in [-0.4, -0.2) is 17.6 Å². The van der Waals surface area contributed by atoms with Crippen LogP contribution in [0.25, 0.3) is 5.57 Å². The smallest absolute Gasteiger partial charge is 0.334 e. The van der Waals surface area contributed by atoms with Gasteiger partial charge in [0.1, 0.15) is 0 Å². The molecule has 0 spiro atoms. The van der Waals surface area contributed by atoms with Gasteiger partial charge in [-0.15, -0.1) is 0 Å². The second-order valence-corrected chi connectivity index (χ2v) is 3.68. The van der Waals surface area contributed by atoms with Gasteiger partial charge in [-0.2, -0.15) is 0 Å². The molecule has 1 aliphatic rings. The third kappa shape index (κ3) is 1.37. The highest BCUT2D eigenvalue weighted by Crippen LogP contribution is 2.04. The van der Waals surface area contributed by atoms with Crippen LogP contribution in [0.15, 0.2) is 27.7 Å². The summed E-state index contributed by atoms with van der Waals surface area (Å²) in [5.74, 6) is -0.884. The maximum Gasteiger partial charge on any atom is 0.334 e. The van der Waals surface area contributed by atoms with E-state index < -0.39 is 5.97 Å². The number of carboxylic acid groups (broad SMARTS) is 1. The first-order valence-electron chi connectivity index (χ1n) is 3.75. The summed E-state index contributed by atoms with van der Waals surface area (Å²) in [5.41, 5.74) is 0.377. The third-order valence-corrected chi connectivity index (χ3v) is 2.44. The van der Waals surface area contributed by atoms with Crippen LogP contribution in [0, 0.1) is 0 Å². The highest BCUT2D eigenvalue weighted by Gasteiger charge is 2.12. The number of fused-ring (bicyclic) bond motifs is 1. The largest absolute Gasteiger partial charge is 0.478 e. The minimum absolute atomic E-state index is 0.279. The quantitative estimate of drug-likeness (QED) is 0.768. The van der Waals surface area contributed by atoms with Gasteiger partial charge in [0.05, 0.1) is 17.5 Å². The normalized spacial score (nSPS) is 13.8. The van der Waals surface area contributed by atoms with E-state index in [1.54, 1.807) is 6.07 Å². The molecule has 1 N–H and O–H groups in total. The zero-order chi connectivity index (χ0) is 9.42. The van der Waals surface area contributed by atoms with Crippen LogP contribution in [-0.2, 0) is 4.79 Å². The maximum atomic E-state index is 10.7. The van der Waals surface area contributed by atoms with Crippen LogP contribution in [0.3, 0.4) is 0 Å². The standard InChI is InChI=1S/C9H6BrNO2/c10-5-1-2-6-7(9(12)13)4-11-8(6)3-5/h1-3H,4H2,(H,12,13). The maximum absolute atomic E-state index is 10.7. The minimum Gasteiger partial charge on any atom is -0.478 e. The number of hydrogen-bond donors (Lipinski definition) is 1. The Hall–Kier alpha value is -1.16. The number of benzene rings is 1. The molecule has 0 amide bonds. The molecule has 1 aromatic rings. The van der Waals surface area contributed by atoms with Gasteiger partial charge in [-0.05, 0) is 12.1 Å². The predicted octanol–water partition coefficient (Wildman–Crippen LogP) is 0.318. The van der Waals surface area contributed by atoms with Crippen LogP contribution in [0.4, 0.5) is 0 Å². The molecule has 1 aromatic carbocycles. The molecular weight excluding hydrogens is 234 g/mol. The van der Waals surface area contributed by atoms with Gasteiger partial charge < -0.3 is 5.11 Å². The number of nitrogens with zero attached hydrogens (tertiary/aromatic N) is 1. The number of carboxylic acids is 1. The zero-order valence-corrected chi connectivity index (χ0v) is 8.21. The number of carbonyl (C=O) groups is 1. The summed E-state index contributed by atoms with van der Waals surface area (Å²) < 4.78 is 0.918. The van der Waals surface area contributed by atoms with Crippen molar-refractivity contribution in [2.45, 2.75) is 0 Å². The van der Waals surface area contributed by atoms with Gasteiger partial charge in [-0.25, -0.2) is 4.79 Å². The Balaban J connectivity index is 2.79. The first-order valence-corrected chi connectivity index (χ1v) is 4.54. The van der Waals surface area contributed by atoms with Crippen molar-refractivity contribution in [2.24, 2.45) is 4.99 Å². The molecule has 13 heavy (non-hydrogen) atoms. The third-order valence-electron chi connectivity index (χ3n) is 1.95. The Morgan fingerprint density at radius 3 is 3.00 bits per heavy atom. The van der Waals surface area contributed by atoms with E-state index in [0.29, 0.717) is 5.57 Å². The molecular formula is C9H6BrNO2. The Morgan fingerprint density at radius 2 is 2.31 bits per heavy atom. The molecule has 66 valence electrons. The molecule has 2 rings (SSSR count). The van der Waals surface area contributed by atoms with Crippen molar-refractivity contribution in [3.63, 3.8) is 0 Å². The van der Waals surface area contributed by atoms with Gasteiger partial charge in [0.2, 0.25) is 0 Å². The molecule has 0 saturated heterocycles. The number of rotatable bonds is 1. The van der Waals surface area contributed by atoms with Gasteiger partial charge in [-0.3, -0.25) is 4.99 Å². The molecule has 0 bridgehead atoms. The Kier molecular flexibility index (Phi) is 1.92. The Labute approximate surface area is 82.5 Å². The summed E-state index contributed by atoms with van der Waals surface area (Å²) >= 11 is 3.31. The van der Waals surface area contributed by atoms with E-state index in [-0.39, 0.29) is 6.54 Å². The lowest BCUT2D eigenvalue weighted by Crippen LogP contribution is -2.24. The van der Waals surface area contributed by atoms with Gasteiger partial charge >= 0.3 is 5.97 Å². The minimum atomic E-state index is -0.884. The average molecular weight is 240 g/mol. The molecule has 0 atom stereocenters. The van der Waals surface area contributed by atoms with Crippen molar-refractivity contribution < 1.29 is 9.90 Å². The van der Waals surface area contributed by atoms with Crippen LogP contribution in [0.1, 0.15) is 0 Å². The summed E-state index contributed by atoms with van der Waals surface area (Å²) in [6, 6.07) is 5.42. The molecule has 0 aromatic heterocycles. The SMILES string of the molecule is O=C(O)C1=c2ccc(Br)cc2=NC1. The van der Waals surface area contributed by atoms with Crippen molar-refractivity contribution in [1.29, 1.82) is 0 Å². The fourth-order valence-corrected chi connectivity index (χ4v) is 1.67. The first-order chi connectivity index (χ1) is 6.18. The summed E-state index contributed by atoms with van der Waals surface area (Å²) in [6.07, 6.45) is 0. The van der Waals surface area contributed by atoms with Crippen LogP contribution in [0.5, 0.6) is 0 Å². The van der Waals surface area contributed by atoms with Crippen molar-refractivity contribution >= 4 is 27.5 Å². The van der Waals surface area contributed by atoms with Crippen molar-refractivity contribution in [1.82, 2.24) is 0 Å². The van der Waals surface area contributed by atoms with Gasteiger partial charge in [0.25, 0.3) is 0 Å². The van der Waals surface area contributed by atoms with E-state index >= 15 is 0 Å². The fourth-order valence-electron chi connectivity index (χ4n) is 1.32. The highest BCUT2D eigenvalue weighted by atomic mass is 79.9. The predicted molar refractivity (Wildman–Crippen MR) is 50.8 cm³/mol. The lowest BCUT2D eigenvalue weighted by molar-refractivity contribution is -0.130. The summed E-state index contributed by atoms with van der Waals surface area (Å²) in [6.45, 7) is 0.279. The van der Waals surface area contributed by atoms with Gasteiger partial charge in [0.15, 0.2) is 0 Å². The lowest BCUT2D eigenvalue weighted by atomic mass is 10.2. The van der Waals surface area contributed by atoms with E-state index in [0.717, 1.165) is 15.0 Å². The second-order valence-electron chi connectivity index (χ2n) is 2.76. The van der Waals surface area contributed by atoms with E-state index in [2.05, 4.69) is 20.9 Å². The Morgan fingerprint density at radius 1 is 1.54 bits per heavy atom. The Bertz CT molecular complexity index is 493. The monoisotopic (exact) mass is 239 g/mol. The molecule has 0 unspecified atom stereocenters. The van der Waals surface area contributed by atoms with Crippen molar-refractivity contribution in [3.05, 3.63) is 33.2 Å². The zero-order valence-electron chi connectivity index (χ0n) is 6.62. The average Bonchev–Trinajstić information content (AvgIpc) is 2.46. The van der Waals surface area contributed by atoms with Crippen molar-refractivity contribution in [3.8, 4) is 0 Å². The highest BCUT2D eigenvalue weighted by molar-refractivity contribution is 9.10. The molecule has 4 heteroatoms. The number of hydrogen-bond acceptors (Lipinski definition) is 2. The summed E-state index contributed by atoms with van der Waals surface area (Å²) in [5, 5.41) is 10.3. The van der Waals surface area contributed by atoms with Gasteiger partial charge in [-0.1, -0.05) is 22.0 Å². The summed E-state index contributed by atoms with van der Waals surface area (Å²) in [7, 11) is 0. The summed E-state index contributed by atoms with van der Waals surface area (Å²) in [4.78, 5) is 14.9. The van der Waals surface area contributed by atoms with E-state index in [1.807, 2.05) is 12.1 Å². The van der Waals surface area contributed by atoms with E-state index in [4.69, 9.17) is 5.11 Å². The topological polar surface area (TPSA) is 49.7 Å². The van der Waals surface area contributed by atoms with Gasteiger partial charge in [0, 0.05) is 9.69 Å². The molecule has 0 radical (unpaired) electrons. The molecule has 0 fully saturated rings. The number of halogens is 1. The van der Waals surface area contributed by atoms with E-state index in [9.17, 15) is 4.79 Å². The molecule has 3 nitrogen and oxygen atoms in total. The first kappa shape index (κ1) is 8.44. The van der Waals surface area contributed by atoms with Crippen LogP contribution >= 0.6 is 15.9 Å². The van der Waals surface area contributed by atoms with Crippen molar-refractivity contribution in [2.75, 3.05) is 6.54 Å². The van der Waals surface area contributed by atoms with Crippen LogP contribution in [0.2, 0.25) is 0 Å².